The van der Waals surface area contributed by atoms with E-state index in [1.54, 1.807) is 7.11 Å². The van der Waals surface area contributed by atoms with Crippen molar-refractivity contribution in [1.82, 2.24) is 10.2 Å². The topological polar surface area (TPSA) is 80.1 Å². The van der Waals surface area contributed by atoms with Crippen molar-refractivity contribution in [1.29, 1.82) is 5.26 Å². The number of nitrogens with zero attached hydrogens (tertiary/aromatic N) is 3. The third-order valence-electron chi connectivity index (χ3n) is 2.93. The maximum Gasteiger partial charge on any atom is 0.167 e. The van der Waals surface area contributed by atoms with Crippen LogP contribution in [0.2, 0.25) is 0 Å². The Morgan fingerprint density at radius 3 is 2.55 bits per heavy atom. The molecule has 6 heteroatoms. The maximum absolute atomic E-state index is 9.32. The lowest BCUT2D eigenvalue weighted by molar-refractivity contribution is 0.0759. The van der Waals surface area contributed by atoms with Gasteiger partial charge in [-0.1, -0.05) is 13.8 Å². The number of nitriles is 1. The van der Waals surface area contributed by atoms with E-state index in [0.717, 1.165) is 24.1 Å². The summed E-state index contributed by atoms with van der Waals surface area (Å²) in [5, 5.41) is 20.7. The highest BCUT2D eigenvalue weighted by Gasteiger charge is 2.13. The zero-order valence-electron chi connectivity index (χ0n) is 12.4. The van der Waals surface area contributed by atoms with Crippen LogP contribution in [0.1, 0.15) is 30.7 Å². The summed E-state index contributed by atoms with van der Waals surface area (Å²) in [7, 11) is 1.64. The Hall–Kier alpha value is -1.71. The number of rotatable bonds is 9. The Morgan fingerprint density at radius 1 is 1.15 bits per heavy atom. The van der Waals surface area contributed by atoms with E-state index < -0.39 is 0 Å². The Bertz CT molecular complexity index is 457. The van der Waals surface area contributed by atoms with E-state index in [9.17, 15) is 5.26 Å². The van der Waals surface area contributed by atoms with Crippen molar-refractivity contribution in [3.05, 3.63) is 16.8 Å². The summed E-state index contributed by atoms with van der Waals surface area (Å²) in [5.41, 5.74) is 2.47. The minimum Gasteiger partial charge on any atom is -0.382 e. The summed E-state index contributed by atoms with van der Waals surface area (Å²) >= 11 is 0. The minimum absolute atomic E-state index is 0.535. The van der Waals surface area contributed by atoms with E-state index in [1.807, 2.05) is 13.8 Å². The van der Waals surface area contributed by atoms with Crippen molar-refractivity contribution in [2.24, 2.45) is 0 Å². The Morgan fingerprint density at radius 2 is 1.95 bits per heavy atom. The van der Waals surface area contributed by atoms with Gasteiger partial charge in [0.2, 0.25) is 0 Å². The van der Waals surface area contributed by atoms with Crippen molar-refractivity contribution in [3.8, 4) is 6.07 Å². The Labute approximate surface area is 120 Å². The van der Waals surface area contributed by atoms with Crippen molar-refractivity contribution >= 4 is 5.82 Å². The molecule has 0 fully saturated rings. The Balaban J connectivity index is 2.64. The van der Waals surface area contributed by atoms with E-state index in [4.69, 9.17) is 9.47 Å². The highest BCUT2D eigenvalue weighted by molar-refractivity contribution is 5.56. The highest BCUT2D eigenvalue weighted by Crippen LogP contribution is 2.19. The molecule has 0 unspecified atom stereocenters. The number of aromatic nitrogens is 2. The van der Waals surface area contributed by atoms with Crippen LogP contribution in [0.25, 0.3) is 0 Å². The van der Waals surface area contributed by atoms with Gasteiger partial charge in [0.15, 0.2) is 5.82 Å². The number of nitrogens with one attached hydrogen (secondary N) is 1. The van der Waals surface area contributed by atoms with E-state index in [1.165, 1.54) is 0 Å². The first-order valence-corrected chi connectivity index (χ1v) is 6.87. The van der Waals surface area contributed by atoms with Crippen LogP contribution < -0.4 is 5.32 Å². The predicted octanol–water partition coefficient (Wildman–Crippen LogP) is 1.55. The molecule has 0 aliphatic heterocycles. The zero-order valence-corrected chi connectivity index (χ0v) is 12.4. The van der Waals surface area contributed by atoms with Crippen LogP contribution in [0.3, 0.4) is 0 Å². The number of anilines is 1. The second-order valence-electron chi connectivity index (χ2n) is 4.20. The van der Waals surface area contributed by atoms with Crippen LogP contribution >= 0.6 is 0 Å². The van der Waals surface area contributed by atoms with Crippen LogP contribution in [0.4, 0.5) is 5.82 Å². The molecule has 0 aliphatic carbocycles. The third-order valence-corrected chi connectivity index (χ3v) is 2.93. The first-order valence-electron chi connectivity index (χ1n) is 6.87. The number of aryl methyl sites for hydroxylation is 1. The smallest absolute Gasteiger partial charge is 0.167 e. The summed E-state index contributed by atoms with van der Waals surface area (Å²) in [6, 6.07) is 2.23. The molecule has 0 bridgehead atoms. The van der Waals surface area contributed by atoms with Gasteiger partial charge in [-0.05, 0) is 18.4 Å². The Kier molecular flexibility index (Phi) is 7.55. The lowest BCUT2D eigenvalue weighted by Gasteiger charge is -2.12. The molecule has 0 radical (unpaired) electrons. The number of hydrogen-bond acceptors (Lipinski definition) is 6. The average Bonchev–Trinajstić information content (AvgIpc) is 2.49. The molecule has 1 aromatic rings. The van der Waals surface area contributed by atoms with Gasteiger partial charge in [0, 0.05) is 13.7 Å². The van der Waals surface area contributed by atoms with Crippen molar-refractivity contribution in [2.45, 2.75) is 26.7 Å². The summed E-state index contributed by atoms with van der Waals surface area (Å²) in [6.07, 6.45) is 1.56. The first-order chi connectivity index (χ1) is 9.78. The fourth-order valence-corrected chi connectivity index (χ4v) is 1.90. The SMILES string of the molecule is CCc1nnc(NCCOCCOC)c(C#N)c1CC. The van der Waals surface area contributed by atoms with Crippen molar-refractivity contribution in [2.75, 3.05) is 38.8 Å². The van der Waals surface area contributed by atoms with Gasteiger partial charge in [-0.25, -0.2) is 0 Å². The van der Waals surface area contributed by atoms with Gasteiger partial charge in [-0.3, -0.25) is 0 Å². The minimum atomic E-state index is 0.535. The van der Waals surface area contributed by atoms with Gasteiger partial charge >= 0.3 is 0 Å². The average molecular weight is 278 g/mol. The number of ether oxygens (including phenoxy) is 2. The predicted molar refractivity (Wildman–Crippen MR) is 76.7 cm³/mol. The fourth-order valence-electron chi connectivity index (χ4n) is 1.90. The van der Waals surface area contributed by atoms with Crippen molar-refractivity contribution in [3.63, 3.8) is 0 Å². The summed E-state index contributed by atoms with van der Waals surface area (Å²) in [5.74, 6) is 0.539. The zero-order chi connectivity index (χ0) is 14.8. The molecule has 110 valence electrons. The molecule has 6 nitrogen and oxygen atoms in total. The molecule has 1 aromatic heterocycles. The van der Waals surface area contributed by atoms with Gasteiger partial charge in [-0.15, -0.1) is 5.10 Å². The molecule has 20 heavy (non-hydrogen) atoms. The molecule has 0 saturated heterocycles. The highest BCUT2D eigenvalue weighted by atomic mass is 16.5. The maximum atomic E-state index is 9.32. The summed E-state index contributed by atoms with van der Waals surface area (Å²) in [4.78, 5) is 0. The molecule has 1 heterocycles. The van der Waals surface area contributed by atoms with Crippen LogP contribution in [0, 0.1) is 11.3 Å². The molecule has 1 N–H and O–H groups in total. The van der Waals surface area contributed by atoms with E-state index in [2.05, 4.69) is 21.6 Å². The van der Waals surface area contributed by atoms with Crippen LogP contribution in [-0.4, -0.2) is 43.7 Å². The normalized spacial score (nSPS) is 10.3. The quantitative estimate of drug-likeness (QED) is 0.690. The van der Waals surface area contributed by atoms with Gasteiger partial charge in [-0.2, -0.15) is 10.4 Å². The van der Waals surface area contributed by atoms with Crippen LogP contribution in [0.15, 0.2) is 0 Å². The summed E-state index contributed by atoms with van der Waals surface area (Å²) < 4.78 is 10.2. The van der Waals surface area contributed by atoms with Gasteiger partial charge < -0.3 is 14.8 Å². The molecule has 0 saturated carbocycles. The molecule has 0 aliphatic rings. The second-order valence-corrected chi connectivity index (χ2v) is 4.20. The van der Waals surface area contributed by atoms with E-state index in [-0.39, 0.29) is 0 Å². The fraction of sp³-hybridized carbons (Fsp3) is 0.643. The second kappa shape index (κ2) is 9.23. The number of methoxy groups -OCH3 is 1. The standard InChI is InChI=1S/C14H22N4O2/c1-4-11-12(10-15)14(18-17-13(11)5-2)16-6-7-20-9-8-19-3/h4-9H2,1-3H3,(H,16,18). The lowest BCUT2D eigenvalue weighted by atomic mass is 10.0. The molecule has 0 atom stereocenters. The third kappa shape index (κ3) is 4.44. The van der Waals surface area contributed by atoms with E-state index in [0.29, 0.717) is 37.7 Å². The molecular weight excluding hydrogens is 256 g/mol. The molecule has 1 rings (SSSR count). The van der Waals surface area contributed by atoms with E-state index >= 15 is 0 Å². The molecular formula is C14H22N4O2. The van der Waals surface area contributed by atoms with Gasteiger partial charge in [0.1, 0.15) is 11.6 Å². The summed E-state index contributed by atoms with van der Waals surface area (Å²) in [6.45, 7) is 6.29. The largest absolute Gasteiger partial charge is 0.382 e. The lowest BCUT2D eigenvalue weighted by Crippen LogP contribution is -2.15. The first kappa shape index (κ1) is 16.3. The molecule has 0 spiro atoms. The monoisotopic (exact) mass is 278 g/mol. The molecule has 0 amide bonds. The van der Waals surface area contributed by atoms with Crippen LogP contribution in [0.5, 0.6) is 0 Å². The number of hydrogen-bond donors (Lipinski definition) is 1. The van der Waals surface area contributed by atoms with Gasteiger partial charge in [0.05, 0.1) is 25.5 Å². The van der Waals surface area contributed by atoms with Gasteiger partial charge in [0.25, 0.3) is 0 Å². The molecule has 0 aromatic carbocycles. The van der Waals surface area contributed by atoms with Crippen LogP contribution in [-0.2, 0) is 22.3 Å². The van der Waals surface area contributed by atoms with Crippen molar-refractivity contribution < 1.29 is 9.47 Å².